The van der Waals surface area contributed by atoms with E-state index >= 15 is 0 Å². The monoisotopic (exact) mass is 297 g/mol. The van der Waals surface area contributed by atoms with Crippen molar-refractivity contribution >= 4 is 39.9 Å². The number of hydrogen-bond donors (Lipinski definition) is 1. The molecule has 106 valence electrons. The van der Waals surface area contributed by atoms with Gasteiger partial charge in [-0.05, 0) is 27.1 Å². The van der Waals surface area contributed by atoms with Crippen molar-refractivity contribution < 1.29 is 4.79 Å². The highest BCUT2D eigenvalue weighted by Crippen LogP contribution is 2.29. The molecule has 0 aromatic heterocycles. The standard InChI is InChI=1S/C18H15NO.ClH/c1-12(18(19)20)10-14-11-13-6-2-3-7-15(13)17-9-5-4-8-16(14)17;/h2-9,11H,1,10H2,(H2,19,20);1H. The fraction of sp³-hybridized carbons (Fsp3) is 0.0556. The van der Waals surface area contributed by atoms with E-state index in [-0.39, 0.29) is 12.4 Å². The second kappa shape index (κ2) is 5.98. The van der Waals surface area contributed by atoms with Gasteiger partial charge in [0.25, 0.3) is 0 Å². The molecule has 21 heavy (non-hydrogen) atoms. The average Bonchev–Trinajstić information content (AvgIpc) is 2.47. The third-order valence-corrected chi connectivity index (χ3v) is 3.61. The van der Waals surface area contributed by atoms with Crippen molar-refractivity contribution in [2.75, 3.05) is 0 Å². The number of hydrogen-bond acceptors (Lipinski definition) is 1. The lowest BCUT2D eigenvalue weighted by Crippen LogP contribution is -2.14. The van der Waals surface area contributed by atoms with Crippen LogP contribution in [0.1, 0.15) is 5.56 Å². The van der Waals surface area contributed by atoms with Gasteiger partial charge in [0, 0.05) is 12.0 Å². The molecule has 1 amide bonds. The smallest absolute Gasteiger partial charge is 0.244 e. The summed E-state index contributed by atoms with van der Waals surface area (Å²) in [4.78, 5) is 11.2. The number of fused-ring (bicyclic) bond motifs is 3. The van der Waals surface area contributed by atoms with Crippen LogP contribution >= 0.6 is 12.4 Å². The predicted molar refractivity (Wildman–Crippen MR) is 90.7 cm³/mol. The van der Waals surface area contributed by atoms with E-state index in [0.29, 0.717) is 12.0 Å². The Labute approximate surface area is 129 Å². The van der Waals surface area contributed by atoms with Crippen LogP contribution in [-0.2, 0) is 11.2 Å². The Balaban J connectivity index is 0.00000161. The molecule has 0 heterocycles. The average molecular weight is 298 g/mol. The maximum absolute atomic E-state index is 11.2. The normalized spacial score (nSPS) is 10.3. The lowest BCUT2D eigenvalue weighted by molar-refractivity contribution is -0.114. The number of carbonyl (C=O) groups is 1. The van der Waals surface area contributed by atoms with Crippen LogP contribution in [0.3, 0.4) is 0 Å². The quantitative estimate of drug-likeness (QED) is 0.576. The van der Waals surface area contributed by atoms with Crippen molar-refractivity contribution in [3.05, 3.63) is 72.3 Å². The van der Waals surface area contributed by atoms with Gasteiger partial charge in [-0.15, -0.1) is 12.4 Å². The Hall–Kier alpha value is -2.32. The molecule has 0 aliphatic carbocycles. The van der Waals surface area contributed by atoms with Gasteiger partial charge in [0.15, 0.2) is 0 Å². The summed E-state index contributed by atoms with van der Waals surface area (Å²) in [7, 11) is 0. The molecule has 2 nitrogen and oxygen atoms in total. The second-order valence-electron chi connectivity index (χ2n) is 4.95. The first-order valence-corrected chi connectivity index (χ1v) is 6.54. The van der Waals surface area contributed by atoms with Gasteiger partial charge in [-0.3, -0.25) is 4.79 Å². The zero-order chi connectivity index (χ0) is 14.1. The van der Waals surface area contributed by atoms with E-state index in [1.165, 1.54) is 16.2 Å². The van der Waals surface area contributed by atoms with Gasteiger partial charge in [-0.25, -0.2) is 0 Å². The van der Waals surface area contributed by atoms with Gasteiger partial charge in [0.1, 0.15) is 0 Å². The third kappa shape index (κ3) is 2.76. The van der Waals surface area contributed by atoms with E-state index in [1.807, 2.05) is 24.3 Å². The van der Waals surface area contributed by atoms with E-state index < -0.39 is 5.91 Å². The molecule has 0 aliphatic heterocycles. The lowest BCUT2D eigenvalue weighted by atomic mass is 9.94. The van der Waals surface area contributed by atoms with Crippen LogP contribution in [0.25, 0.3) is 21.5 Å². The maximum atomic E-state index is 11.2. The Morgan fingerprint density at radius 3 is 2.19 bits per heavy atom. The van der Waals surface area contributed by atoms with E-state index in [4.69, 9.17) is 5.73 Å². The number of primary amides is 1. The molecule has 0 spiro atoms. The lowest BCUT2D eigenvalue weighted by Gasteiger charge is -2.10. The minimum absolute atomic E-state index is 0. The molecule has 0 radical (unpaired) electrons. The van der Waals surface area contributed by atoms with Gasteiger partial charge in [0.2, 0.25) is 5.91 Å². The number of nitrogens with two attached hydrogens (primary N) is 1. The molecule has 0 atom stereocenters. The van der Waals surface area contributed by atoms with Crippen molar-refractivity contribution in [1.29, 1.82) is 0 Å². The zero-order valence-corrected chi connectivity index (χ0v) is 12.3. The molecular weight excluding hydrogens is 282 g/mol. The fourth-order valence-electron chi connectivity index (χ4n) is 2.59. The first-order valence-electron chi connectivity index (χ1n) is 6.54. The molecule has 0 saturated carbocycles. The van der Waals surface area contributed by atoms with Gasteiger partial charge in [0.05, 0.1) is 0 Å². The topological polar surface area (TPSA) is 43.1 Å². The van der Waals surface area contributed by atoms with Crippen LogP contribution in [0.4, 0.5) is 0 Å². The Bertz CT molecular complexity index is 839. The Morgan fingerprint density at radius 2 is 1.52 bits per heavy atom. The van der Waals surface area contributed by atoms with Crippen LogP contribution in [0.5, 0.6) is 0 Å². The van der Waals surface area contributed by atoms with E-state index in [1.54, 1.807) is 0 Å². The maximum Gasteiger partial charge on any atom is 0.244 e. The van der Waals surface area contributed by atoms with E-state index in [9.17, 15) is 4.79 Å². The minimum atomic E-state index is -0.442. The number of amides is 1. The summed E-state index contributed by atoms with van der Waals surface area (Å²) >= 11 is 0. The number of halogens is 1. The van der Waals surface area contributed by atoms with Crippen LogP contribution in [0, 0.1) is 0 Å². The molecule has 0 unspecified atom stereocenters. The Kier molecular flexibility index (Phi) is 4.29. The van der Waals surface area contributed by atoms with Gasteiger partial charge >= 0.3 is 0 Å². The number of benzene rings is 3. The van der Waals surface area contributed by atoms with Crippen LogP contribution in [-0.4, -0.2) is 5.91 Å². The zero-order valence-electron chi connectivity index (χ0n) is 11.5. The molecule has 3 rings (SSSR count). The van der Waals surface area contributed by atoms with Crippen LogP contribution in [0.2, 0.25) is 0 Å². The number of rotatable bonds is 3. The summed E-state index contributed by atoms with van der Waals surface area (Å²) < 4.78 is 0. The summed E-state index contributed by atoms with van der Waals surface area (Å²) in [5, 5.41) is 4.72. The molecule has 3 heteroatoms. The summed E-state index contributed by atoms with van der Waals surface area (Å²) in [6.07, 6.45) is 0.487. The first kappa shape index (κ1) is 15.1. The van der Waals surface area contributed by atoms with Crippen LogP contribution in [0.15, 0.2) is 66.7 Å². The molecule has 0 bridgehead atoms. The van der Waals surface area contributed by atoms with E-state index in [0.717, 1.165) is 10.9 Å². The largest absolute Gasteiger partial charge is 0.366 e. The minimum Gasteiger partial charge on any atom is -0.366 e. The molecular formula is C18H16ClNO. The molecule has 3 aromatic rings. The highest BCUT2D eigenvalue weighted by Gasteiger charge is 2.09. The summed E-state index contributed by atoms with van der Waals surface area (Å²) in [5.41, 5.74) is 6.82. The van der Waals surface area contributed by atoms with Crippen molar-refractivity contribution in [3.63, 3.8) is 0 Å². The molecule has 3 aromatic carbocycles. The second-order valence-corrected chi connectivity index (χ2v) is 4.95. The summed E-state index contributed by atoms with van der Waals surface area (Å²) in [6, 6.07) is 18.6. The SMILES string of the molecule is C=C(Cc1cc2ccccc2c2ccccc12)C(N)=O.Cl. The predicted octanol–water partition coefficient (Wildman–Crippen LogP) is 4.00. The van der Waals surface area contributed by atoms with Crippen molar-refractivity contribution in [1.82, 2.24) is 0 Å². The van der Waals surface area contributed by atoms with Gasteiger partial charge in [-0.2, -0.15) is 0 Å². The third-order valence-electron chi connectivity index (χ3n) is 3.61. The van der Waals surface area contributed by atoms with Crippen LogP contribution < -0.4 is 5.73 Å². The molecule has 0 fully saturated rings. The molecule has 0 saturated heterocycles. The van der Waals surface area contributed by atoms with Crippen molar-refractivity contribution in [2.45, 2.75) is 6.42 Å². The molecule has 0 aliphatic rings. The fourth-order valence-corrected chi connectivity index (χ4v) is 2.59. The molecule has 2 N–H and O–H groups in total. The van der Waals surface area contributed by atoms with Gasteiger partial charge < -0.3 is 5.73 Å². The highest BCUT2D eigenvalue weighted by atomic mass is 35.5. The van der Waals surface area contributed by atoms with E-state index in [2.05, 4.69) is 36.9 Å². The highest BCUT2D eigenvalue weighted by molar-refractivity contribution is 6.09. The van der Waals surface area contributed by atoms with Gasteiger partial charge in [-0.1, -0.05) is 61.2 Å². The summed E-state index contributed by atoms with van der Waals surface area (Å²) in [6.45, 7) is 3.76. The van der Waals surface area contributed by atoms with Crippen molar-refractivity contribution in [3.8, 4) is 0 Å². The Morgan fingerprint density at radius 1 is 0.952 bits per heavy atom. The number of carbonyl (C=O) groups excluding carboxylic acids is 1. The van der Waals surface area contributed by atoms with Crippen molar-refractivity contribution in [2.24, 2.45) is 5.73 Å². The summed E-state index contributed by atoms with van der Waals surface area (Å²) in [5.74, 6) is -0.442. The first-order chi connectivity index (χ1) is 9.66.